The van der Waals surface area contributed by atoms with Gasteiger partial charge in [0.15, 0.2) is 0 Å². The van der Waals surface area contributed by atoms with E-state index in [-0.39, 0.29) is 0 Å². The van der Waals surface area contributed by atoms with Gasteiger partial charge < -0.3 is 10.5 Å². The van der Waals surface area contributed by atoms with Gasteiger partial charge in [0.2, 0.25) is 0 Å². The van der Waals surface area contributed by atoms with E-state index in [1.54, 1.807) is 7.11 Å². The van der Waals surface area contributed by atoms with Gasteiger partial charge in [-0.15, -0.1) is 11.8 Å². The molecule has 0 aliphatic heterocycles. The van der Waals surface area contributed by atoms with Crippen LogP contribution in [0.5, 0.6) is 5.75 Å². The van der Waals surface area contributed by atoms with E-state index < -0.39 is 0 Å². The molecule has 1 aromatic carbocycles. The summed E-state index contributed by atoms with van der Waals surface area (Å²) in [6.45, 7) is 0.821. The molecule has 1 fully saturated rings. The molecule has 2 N–H and O–H groups in total. The van der Waals surface area contributed by atoms with Crippen molar-refractivity contribution in [3.63, 3.8) is 0 Å². The first-order valence-electron chi connectivity index (χ1n) is 5.84. The van der Waals surface area contributed by atoms with Crippen LogP contribution in [0.3, 0.4) is 0 Å². The summed E-state index contributed by atoms with van der Waals surface area (Å²) >= 11 is 1.95. The smallest absolute Gasteiger partial charge is 0.119 e. The zero-order valence-corrected chi connectivity index (χ0v) is 10.5. The summed E-state index contributed by atoms with van der Waals surface area (Å²) in [6.07, 6.45) is 3.91. The molecule has 1 aliphatic carbocycles. The summed E-state index contributed by atoms with van der Waals surface area (Å²) in [5.74, 6) is 1.63. The Kier molecular flexibility index (Phi) is 4.13. The summed E-state index contributed by atoms with van der Waals surface area (Å²) in [5, 5.41) is 0.692. The molecule has 88 valence electrons. The molecule has 2 atom stereocenters. The summed E-state index contributed by atoms with van der Waals surface area (Å²) in [6, 6.07) is 8.29. The normalized spacial score (nSPS) is 24.6. The Hall–Kier alpha value is -0.670. The van der Waals surface area contributed by atoms with E-state index in [0.29, 0.717) is 11.2 Å². The fourth-order valence-corrected chi connectivity index (χ4v) is 3.69. The summed E-state index contributed by atoms with van der Waals surface area (Å²) in [5.41, 5.74) is 5.80. The van der Waals surface area contributed by atoms with Crippen molar-refractivity contribution in [1.82, 2.24) is 0 Å². The lowest BCUT2D eigenvalue weighted by Crippen LogP contribution is -2.20. The Morgan fingerprint density at radius 3 is 3.06 bits per heavy atom. The van der Waals surface area contributed by atoms with Crippen LogP contribution in [0.25, 0.3) is 0 Å². The van der Waals surface area contributed by atoms with Crippen LogP contribution in [0.2, 0.25) is 0 Å². The first-order valence-corrected chi connectivity index (χ1v) is 6.72. The molecule has 1 aliphatic rings. The van der Waals surface area contributed by atoms with Gasteiger partial charge in [-0.25, -0.2) is 0 Å². The van der Waals surface area contributed by atoms with Crippen molar-refractivity contribution >= 4 is 11.8 Å². The van der Waals surface area contributed by atoms with E-state index in [2.05, 4.69) is 12.1 Å². The number of nitrogens with two attached hydrogens (primary N) is 1. The van der Waals surface area contributed by atoms with Gasteiger partial charge in [-0.3, -0.25) is 0 Å². The number of methoxy groups -OCH3 is 1. The Bertz CT molecular complexity index is 342. The lowest BCUT2D eigenvalue weighted by atomic mass is 10.1. The zero-order valence-electron chi connectivity index (χ0n) is 9.69. The third-order valence-corrected chi connectivity index (χ3v) is 4.67. The molecule has 16 heavy (non-hydrogen) atoms. The first kappa shape index (κ1) is 11.8. The maximum absolute atomic E-state index is 5.80. The Balaban J connectivity index is 2.02. The van der Waals surface area contributed by atoms with Gasteiger partial charge in [-0.2, -0.15) is 0 Å². The van der Waals surface area contributed by atoms with Crippen molar-refractivity contribution in [2.45, 2.75) is 29.4 Å². The second-order valence-electron chi connectivity index (χ2n) is 4.26. The van der Waals surface area contributed by atoms with E-state index in [1.165, 1.54) is 24.2 Å². The molecule has 0 amide bonds. The standard InChI is InChI=1S/C13H19NOS/c1-15-11-5-3-6-12(8-11)16-13-7-2-4-10(13)9-14/h3,5-6,8,10,13H,2,4,7,9,14H2,1H3. The molecule has 0 aromatic heterocycles. The van der Waals surface area contributed by atoms with Gasteiger partial charge in [0.1, 0.15) is 5.75 Å². The Morgan fingerprint density at radius 1 is 1.44 bits per heavy atom. The molecule has 2 unspecified atom stereocenters. The van der Waals surface area contributed by atoms with Gasteiger partial charge in [0, 0.05) is 10.1 Å². The number of hydrogen-bond donors (Lipinski definition) is 1. The molecule has 1 saturated carbocycles. The monoisotopic (exact) mass is 237 g/mol. The molecule has 0 radical (unpaired) electrons. The Morgan fingerprint density at radius 2 is 2.31 bits per heavy atom. The highest BCUT2D eigenvalue weighted by Crippen LogP contribution is 2.39. The number of rotatable bonds is 4. The number of ether oxygens (including phenoxy) is 1. The lowest BCUT2D eigenvalue weighted by molar-refractivity contribution is 0.413. The van der Waals surface area contributed by atoms with Crippen LogP contribution >= 0.6 is 11.8 Å². The molecule has 0 spiro atoms. The third-order valence-electron chi connectivity index (χ3n) is 3.22. The molecule has 0 heterocycles. The highest BCUT2D eigenvalue weighted by atomic mass is 32.2. The molecule has 1 aromatic rings. The van der Waals surface area contributed by atoms with Gasteiger partial charge in [-0.1, -0.05) is 12.5 Å². The largest absolute Gasteiger partial charge is 0.497 e. The number of thioether (sulfide) groups is 1. The number of benzene rings is 1. The van der Waals surface area contributed by atoms with Crippen LogP contribution in [0.1, 0.15) is 19.3 Å². The van der Waals surface area contributed by atoms with Crippen LogP contribution < -0.4 is 10.5 Å². The molecule has 2 nitrogen and oxygen atoms in total. The minimum atomic E-state index is 0.691. The predicted octanol–water partition coefficient (Wildman–Crippen LogP) is 2.91. The molecular formula is C13H19NOS. The Labute approximate surface area is 102 Å². The molecule has 0 saturated heterocycles. The van der Waals surface area contributed by atoms with Crippen molar-refractivity contribution in [2.75, 3.05) is 13.7 Å². The summed E-state index contributed by atoms with van der Waals surface area (Å²) < 4.78 is 5.23. The van der Waals surface area contributed by atoms with E-state index in [9.17, 15) is 0 Å². The van der Waals surface area contributed by atoms with Gasteiger partial charge in [0.25, 0.3) is 0 Å². The fraction of sp³-hybridized carbons (Fsp3) is 0.538. The molecular weight excluding hydrogens is 218 g/mol. The topological polar surface area (TPSA) is 35.2 Å². The molecule has 2 rings (SSSR count). The minimum Gasteiger partial charge on any atom is -0.497 e. The lowest BCUT2D eigenvalue weighted by Gasteiger charge is -2.17. The van der Waals surface area contributed by atoms with Crippen LogP contribution in [-0.2, 0) is 0 Å². The van der Waals surface area contributed by atoms with Crippen LogP contribution in [0, 0.1) is 5.92 Å². The van der Waals surface area contributed by atoms with E-state index >= 15 is 0 Å². The second kappa shape index (κ2) is 5.60. The van der Waals surface area contributed by atoms with Crippen LogP contribution in [0.15, 0.2) is 29.2 Å². The maximum Gasteiger partial charge on any atom is 0.119 e. The van der Waals surface area contributed by atoms with E-state index in [1.807, 2.05) is 23.9 Å². The second-order valence-corrected chi connectivity index (χ2v) is 5.57. The first-order chi connectivity index (χ1) is 7.83. The van der Waals surface area contributed by atoms with Crippen molar-refractivity contribution in [2.24, 2.45) is 11.7 Å². The van der Waals surface area contributed by atoms with Crippen molar-refractivity contribution in [3.8, 4) is 5.75 Å². The third kappa shape index (κ3) is 2.71. The molecule has 3 heteroatoms. The highest BCUT2D eigenvalue weighted by molar-refractivity contribution is 8.00. The quantitative estimate of drug-likeness (QED) is 0.874. The highest BCUT2D eigenvalue weighted by Gasteiger charge is 2.26. The average Bonchev–Trinajstić information content (AvgIpc) is 2.76. The SMILES string of the molecule is COc1cccc(SC2CCCC2CN)c1. The van der Waals surface area contributed by atoms with Crippen LogP contribution in [0.4, 0.5) is 0 Å². The molecule has 0 bridgehead atoms. The van der Waals surface area contributed by atoms with Gasteiger partial charge in [0.05, 0.1) is 7.11 Å². The van der Waals surface area contributed by atoms with E-state index in [4.69, 9.17) is 10.5 Å². The van der Waals surface area contributed by atoms with Crippen molar-refractivity contribution in [1.29, 1.82) is 0 Å². The van der Waals surface area contributed by atoms with Gasteiger partial charge in [-0.05, 0) is 43.5 Å². The number of hydrogen-bond acceptors (Lipinski definition) is 3. The van der Waals surface area contributed by atoms with Crippen molar-refractivity contribution < 1.29 is 4.74 Å². The predicted molar refractivity (Wildman–Crippen MR) is 69.0 cm³/mol. The van der Waals surface area contributed by atoms with Crippen molar-refractivity contribution in [3.05, 3.63) is 24.3 Å². The average molecular weight is 237 g/mol. The summed E-state index contributed by atoms with van der Waals surface area (Å²) in [4.78, 5) is 1.30. The summed E-state index contributed by atoms with van der Waals surface area (Å²) in [7, 11) is 1.71. The van der Waals surface area contributed by atoms with E-state index in [0.717, 1.165) is 12.3 Å². The van der Waals surface area contributed by atoms with Gasteiger partial charge >= 0.3 is 0 Å². The maximum atomic E-state index is 5.80. The fourth-order valence-electron chi connectivity index (χ4n) is 2.28. The minimum absolute atomic E-state index is 0.691. The van der Waals surface area contributed by atoms with Crippen LogP contribution in [-0.4, -0.2) is 18.9 Å². The zero-order chi connectivity index (χ0) is 11.4.